The third-order valence-electron chi connectivity index (χ3n) is 1.86. The van der Waals surface area contributed by atoms with E-state index in [0.29, 0.717) is 0 Å². The van der Waals surface area contributed by atoms with Crippen molar-refractivity contribution in [3.05, 3.63) is 22.4 Å². The van der Waals surface area contributed by atoms with Crippen molar-refractivity contribution in [3.63, 3.8) is 0 Å². The van der Waals surface area contributed by atoms with Gasteiger partial charge in [-0.2, -0.15) is 24.5 Å². The molecule has 1 heterocycles. The number of carbonyl (C=O) groups is 2. The number of rotatable bonds is 4. The predicted octanol–water partition coefficient (Wildman–Crippen LogP) is 1.88. The quantitative estimate of drug-likeness (QED) is 0.875. The van der Waals surface area contributed by atoms with Gasteiger partial charge in [0.25, 0.3) is 5.91 Å². The molecule has 0 saturated carbocycles. The minimum atomic E-state index is -4.79. The van der Waals surface area contributed by atoms with Crippen LogP contribution < -0.4 is 5.32 Å². The van der Waals surface area contributed by atoms with Crippen molar-refractivity contribution in [3.8, 4) is 0 Å². The van der Waals surface area contributed by atoms with Crippen molar-refractivity contribution in [2.45, 2.75) is 18.6 Å². The third kappa shape index (κ3) is 4.06. The van der Waals surface area contributed by atoms with E-state index in [1.807, 2.05) is 0 Å². The Bertz CT molecular complexity index is 402. The predicted molar refractivity (Wildman–Crippen MR) is 53.9 cm³/mol. The van der Waals surface area contributed by atoms with Gasteiger partial charge in [0.15, 0.2) is 0 Å². The van der Waals surface area contributed by atoms with Crippen molar-refractivity contribution in [2.75, 3.05) is 0 Å². The highest BCUT2D eigenvalue weighted by molar-refractivity contribution is 7.08. The lowest BCUT2D eigenvalue weighted by atomic mass is 10.2. The summed E-state index contributed by atoms with van der Waals surface area (Å²) in [5.74, 6) is -2.56. The van der Waals surface area contributed by atoms with E-state index in [-0.39, 0.29) is 5.56 Å². The largest absolute Gasteiger partial charge is 0.481 e. The molecule has 0 aromatic carbocycles. The Labute approximate surface area is 98.1 Å². The van der Waals surface area contributed by atoms with Crippen LogP contribution in [0, 0.1) is 0 Å². The van der Waals surface area contributed by atoms with Crippen molar-refractivity contribution in [2.24, 2.45) is 0 Å². The molecule has 0 aliphatic rings. The maximum absolute atomic E-state index is 12.4. The molecule has 0 fully saturated rings. The van der Waals surface area contributed by atoms with Gasteiger partial charge in [-0.1, -0.05) is 0 Å². The van der Waals surface area contributed by atoms with Crippen molar-refractivity contribution < 1.29 is 27.9 Å². The van der Waals surface area contributed by atoms with Crippen LogP contribution in [0.3, 0.4) is 0 Å². The number of aliphatic carboxylic acids is 1. The lowest BCUT2D eigenvalue weighted by molar-refractivity contribution is -0.165. The standard InChI is InChI=1S/C9H8F3NO3S/c10-9(11,12)6(3-7(14)15)13-8(16)5-1-2-17-4-5/h1-2,4,6H,3H2,(H,13,16)(H,14,15). The molecule has 1 unspecified atom stereocenters. The lowest BCUT2D eigenvalue weighted by Gasteiger charge is -2.19. The Morgan fingerprint density at radius 2 is 2.12 bits per heavy atom. The molecule has 0 aliphatic carbocycles. The number of carbonyl (C=O) groups excluding carboxylic acids is 1. The molecule has 94 valence electrons. The topological polar surface area (TPSA) is 66.4 Å². The molecule has 4 nitrogen and oxygen atoms in total. The normalized spacial score (nSPS) is 13.1. The van der Waals surface area contributed by atoms with Crippen LogP contribution in [0.4, 0.5) is 13.2 Å². The van der Waals surface area contributed by atoms with Gasteiger partial charge in [-0.15, -0.1) is 0 Å². The van der Waals surface area contributed by atoms with Gasteiger partial charge in [0.2, 0.25) is 0 Å². The number of thiophene rings is 1. The number of alkyl halides is 3. The van der Waals surface area contributed by atoms with Crippen LogP contribution in [0.2, 0.25) is 0 Å². The molecule has 0 bridgehead atoms. The van der Waals surface area contributed by atoms with Gasteiger partial charge in [-0.3, -0.25) is 9.59 Å². The van der Waals surface area contributed by atoms with Crippen LogP contribution in [0.1, 0.15) is 16.8 Å². The summed E-state index contributed by atoms with van der Waals surface area (Å²) >= 11 is 1.16. The SMILES string of the molecule is O=C(O)CC(NC(=O)c1ccsc1)C(F)(F)F. The molecular formula is C9H8F3NO3S. The first-order valence-electron chi connectivity index (χ1n) is 4.42. The van der Waals surface area contributed by atoms with E-state index in [4.69, 9.17) is 5.11 Å². The monoisotopic (exact) mass is 267 g/mol. The second-order valence-corrected chi connectivity index (χ2v) is 3.96. The van der Waals surface area contributed by atoms with Crippen molar-refractivity contribution in [1.82, 2.24) is 5.32 Å². The van der Waals surface area contributed by atoms with E-state index in [9.17, 15) is 22.8 Å². The minimum Gasteiger partial charge on any atom is -0.481 e. The lowest BCUT2D eigenvalue weighted by Crippen LogP contribution is -2.46. The third-order valence-corrected chi connectivity index (χ3v) is 2.55. The Hall–Kier alpha value is -1.57. The fourth-order valence-electron chi connectivity index (χ4n) is 1.06. The summed E-state index contributed by atoms with van der Waals surface area (Å²) in [6, 6.07) is -1.03. The van der Waals surface area contributed by atoms with Gasteiger partial charge >= 0.3 is 12.1 Å². The molecule has 1 aromatic heterocycles. The average molecular weight is 267 g/mol. The smallest absolute Gasteiger partial charge is 0.409 e. The fraction of sp³-hybridized carbons (Fsp3) is 0.333. The van der Waals surface area contributed by atoms with Crippen molar-refractivity contribution >= 4 is 23.2 Å². The van der Waals surface area contributed by atoms with E-state index >= 15 is 0 Å². The fourth-order valence-corrected chi connectivity index (χ4v) is 1.69. The van der Waals surface area contributed by atoms with E-state index in [0.717, 1.165) is 11.3 Å². The highest BCUT2D eigenvalue weighted by atomic mass is 32.1. The number of amides is 1. The highest BCUT2D eigenvalue weighted by Gasteiger charge is 2.42. The van der Waals surface area contributed by atoms with Gasteiger partial charge in [0.05, 0.1) is 6.42 Å². The van der Waals surface area contributed by atoms with Gasteiger partial charge in [0, 0.05) is 10.9 Å². The van der Waals surface area contributed by atoms with Gasteiger partial charge in [-0.05, 0) is 11.4 Å². The molecule has 0 radical (unpaired) electrons. The van der Waals surface area contributed by atoms with Crippen LogP contribution in [0.5, 0.6) is 0 Å². The number of nitrogens with one attached hydrogen (secondary N) is 1. The molecule has 0 aliphatic heterocycles. The van der Waals surface area contributed by atoms with Gasteiger partial charge < -0.3 is 10.4 Å². The maximum atomic E-state index is 12.4. The first-order chi connectivity index (χ1) is 7.80. The Morgan fingerprint density at radius 3 is 2.53 bits per heavy atom. The zero-order valence-electron chi connectivity index (χ0n) is 8.32. The van der Waals surface area contributed by atoms with Crippen LogP contribution in [0.25, 0.3) is 0 Å². The number of hydrogen-bond acceptors (Lipinski definition) is 3. The number of halogens is 3. The zero-order valence-corrected chi connectivity index (χ0v) is 9.14. The average Bonchev–Trinajstić information content (AvgIpc) is 2.66. The van der Waals surface area contributed by atoms with E-state index in [2.05, 4.69) is 0 Å². The summed E-state index contributed by atoms with van der Waals surface area (Å²) < 4.78 is 37.2. The Balaban J connectivity index is 2.73. The summed E-state index contributed by atoms with van der Waals surface area (Å²) in [5, 5.41) is 12.9. The Morgan fingerprint density at radius 1 is 1.47 bits per heavy atom. The van der Waals surface area contributed by atoms with Crippen LogP contribution in [-0.2, 0) is 4.79 Å². The zero-order chi connectivity index (χ0) is 13.1. The van der Waals surface area contributed by atoms with Crippen molar-refractivity contribution in [1.29, 1.82) is 0 Å². The number of carboxylic acid groups (broad SMARTS) is 1. The molecule has 8 heteroatoms. The van der Waals surface area contributed by atoms with Crippen LogP contribution in [0.15, 0.2) is 16.8 Å². The molecule has 0 spiro atoms. The molecule has 1 amide bonds. The molecule has 1 aromatic rings. The second-order valence-electron chi connectivity index (χ2n) is 3.18. The second kappa shape index (κ2) is 5.17. The van der Waals surface area contributed by atoms with Gasteiger partial charge in [-0.25, -0.2) is 0 Å². The van der Waals surface area contributed by atoms with Crippen LogP contribution >= 0.6 is 11.3 Å². The van der Waals surface area contributed by atoms with E-state index in [1.54, 1.807) is 5.32 Å². The molecule has 2 N–H and O–H groups in total. The van der Waals surface area contributed by atoms with E-state index in [1.165, 1.54) is 16.8 Å². The Kier molecular flexibility index (Phi) is 4.11. The maximum Gasteiger partial charge on any atom is 0.409 e. The number of hydrogen-bond donors (Lipinski definition) is 2. The first-order valence-corrected chi connectivity index (χ1v) is 5.36. The van der Waals surface area contributed by atoms with Crippen LogP contribution in [-0.4, -0.2) is 29.2 Å². The highest BCUT2D eigenvalue weighted by Crippen LogP contribution is 2.23. The molecule has 1 rings (SSSR count). The molecule has 1 atom stereocenters. The minimum absolute atomic E-state index is 0.0784. The summed E-state index contributed by atoms with van der Waals surface area (Å²) in [4.78, 5) is 21.6. The summed E-state index contributed by atoms with van der Waals surface area (Å²) in [6.45, 7) is 0. The number of carboxylic acids is 1. The van der Waals surface area contributed by atoms with Gasteiger partial charge in [0.1, 0.15) is 6.04 Å². The summed E-state index contributed by atoms with van der Waals surface area (Å²) in [7, 11) is 0. The molecule has 17 heavy (non-hydrogen) atoms. The first kappa shape index (κ1) is 13.5. The summed E-state index contributed by atoms with van der Waals surface area (Å²) in [5.41, 5.74) is 0.0784. The van der Waals surface area contributed by atoms with E-state index < -0.39 is 30.5 Å². The molecule has 0 saturated heterocycles. The summed E-state index contributed by atoms with van der Waals surface area (Å²) in [6.07, 6.45) is -5.98. The molecular weight excluding hydrogens is 259 g/mol.